The number of hydrogen-bond acceptors (Lipinski definition) is 8. The largest absolute Gasteiger partial charge is 0.411 e. The van der Waals surface area contributed by atoms with Crippen molar-refractivity contribution in [3.05, 3.63) is 53.3 Å². The quantitative estimate of drug-likeness (QED) is 0.474. The number of hydrogen-bond donors (Lipinski definition) is 2. The van der Waals surface area contributed by atoms with Crippen molar-refractivity contribution in [3.63, 3.8) is 0 Å². The number of amides is 1. The van der Waals surface area contributed by atoms with Gasteiger partial charge in [-0.05, 0) is 37.2 Å². The van der Waals surface area contributed by atoms with Crippen molar-refractivity contribution >= 4 is 42.1 Å². The highest BCUT2D eigenvalue weighted by Gasteiger charge is 2.37. The molecule has 3 aromatic heterocycles. The first-order chi connectivity index (χ1) is 14.5. The lowest BCUT2D eigenvalue weighted by Gasteiger charge is -2.36. The van der Waals surface area contributed by atoms with Crippen LogP contribution in [0.3, 0.4) is 0 Å². The van der Waals surface area contributed by atoms with Crippen LogP contribution in [0.2, 0.25) is 18.1 Å². The maximum absolute atomic E-state index is 13.0. The van der Waals surface area contributed by atoms with E-state index in [4.69, 9.17) is 4.43 Å². The van der Waals surface area contributed by atoms with Crippen LogP contribution in [0.4, 0.5) is 16.5 Å². The molecule has 0 fully saturated rings. The second kappa shape index (κ2) is 9.21. The number of rotatable bonds is 7. The Labute approximate surface area is 187 Å². The number of nitrogens with one attached hydrogen (secondary N) is 2. The van der Waals surface area contributed by atoms with E-state index in [1.807, 2.05) is 24.4 Å². The average Bonchev–Trinajstić information content (AvgIpc) is 3.11. The molecule has 0 saturated heterocycles. The molecule has 0 bridgehead atoms. The van der Waals surface area contributed by atoms with Gasteiger partial charge in [-0.2, -0.15) is 0 Å². The minimum atomic E-state index is -1.95. The van der Waals surface area contributed by atoms with Gasteiger partial charge in [0.05, 0.1) is 41.8 Å². The van der Waals surface area contributed by atoms with Crippen LogP contribution < -0.4 is 10.6 Å². The highest BCUT2D eigenvalue weighted by atomic mass is 32.1. The normalized spacial score (nSPS) is 11.9. The predicted octanol–water partition coefficient (Wildman–Crippen LogP) is 5.15. The molecular weight excluding hydrogens is 428 g/mol. The Morgan fingerprint density at radius 1 is 1.16 bits per heavy atom. The van der Waals surface area contributed by atoms with Crippen molar-refractivity contribution in [3.8, 4) is 0 Å². The number of carbonyl (C=O) groups excluding carboxylic acids is 1. The molecule has 3 rings (SSSR count). The van der Waals surface area contributed by atoms with Gasteiger partial charge >= 0.3 is 0 Å². The van der Waals surface area contributed by atoms with E-state index >= 15 is 0 Å². The smallest absolute Gasteiger partial charge is 0.278 e. The molecule has 31 heavy (non-hydrogen) atoms. The summed E-state index contributed by atoms with van der Waals surface area (Å²) in [5.41, 5.74) is 3.02. The molecule has 3 aromatic rings. The van der Waals surface area contributed by atoms with Crippen LogP contribution in [-0.4, -0.2) is 34.2 Å². The molecule has 0 atom stereocenters. The van der Waals surface area contributed by atoms with E-state index in [9.17, 15) is 4.79 Å². The summed E-state index contributed by atoms with van der Waals surface area (Å²) in [5, 5.41) is 8.50. The van der Waals surface area contributed by atoms with E-state index < -0.39 is 8.32 Å². The van der Waals surface area contributed by atoms with Gasteiger partial charge in [-0.25, -0.2) is 19.9 Å². The van der Waals surface area contributed by atoms with Crippen molar-refractivity contribution in [2.24, 2.45) is 0 Å². The van der Waals surface area contributed by atoms with Crippen LogP contribution in [0.25, 0.3) is 0 Å². The van der Waals surface area contributed by atoms with Gasteiger partial charge < -0.3 is 9.74 Å². The lowest BCUT2D eigenvalue weighted by Crippen LogP contribution is -2.40. The third-order valence-electron chi connectivity index (χ3n) is 5.23. The molecule has 0 spiro atoms. The SMILES string of the molecule is Cc1csc(NC(=O)c2nc(CO[Si](C)(C)C(C)(C)C)ccc2Nc2cncnc2)n1. The summed E-state index contributed by atoms with van der Waals surface area (Å²) in [6.07, 6.45) is 4.71. The topological polar surface area (TPSA) is 102 Å². The van der Waals surface area contributed by atoms with Crippen molar-refractivity contribution in [2.45, 2.75) is 52.4 Å². The lowest BCUT2D eigenvalue weighted by atomic mass is 10.2. The summed E-state index contributed by atoms with van der Waals surface area (Å²) in [5.74, 6) is -0.345. The van der Waals surface area contributed by atoms with Crippen LogP contribution in [0, 0.1) is 6.92 Å². The van der Waals surface area contributed by atoms with Crippen molar-refractivity contribution in [2.75, 3.05) is 10.6 Å². The Morgan fingerprint density at radius 2 is 1.87 bits per heavy atom. The van der Waals surface area contributed by atoms with Crippen LogP contribution in [0.5, 0.6) is 0 Å². The fourth-order valence-corrected chi connectivity index (χ4v) is 4.04. The molecule has 0 radical (unpaired) electrons. The zero-order valence-electron chi connectivity index (χ0n) is 18.7. The fourth-order valence-electron chi connectivity index (χ4n) is 2.41. The first-order valence-corrected chi connectivity index (χ1v) is 13.7. The molecule has 1 amide bonds. The zero-order chi connectivity index (χ0) is 22.6. The number of thiazole rings is 1. The van der Waals surface area contributed by atoms with Gasteiger partial charge in [0.1, 0.15) is 6.33 Å². The minimum absolute atomic E-state index is 0.0880. The molecule has 8 nitrogen and oxygen atoms in total. The van der Waals surface area contributed by atoms with Gasteiger partial charge in [0, 0.05) is 5.38 Å². The van der Waals surface area contributed by atoms with Crippen molar-refractivity contribution in [1.29, 1.82) is 0 Å². The Kier molecular flexibility index (Phi) is 6.82. The Morgan fingerprint density at radius 3 is 2.48 bits per heavy atom. The first-order valence-electron chi connectivity index (χ1n) is 9.94. The van der Waals surface area contributed by atoms with Crippen molar-refractivity contribution in [1.82, 2.24) is 19.9 Å². The molecule has 164 valence electrons. The summed E-state index contributed by atoms with van der Waals surface area (Å²) >= 11 is 1.37. The highest BCUT2D eigenvalue weighted by molar-refractivity contribution is 7.13. The second-order valence-electron chi connectivity index (χ2n) is 8.75. The molecule has 0 unspecified atom stereocenters. The molecule has 0 aromatic carbocycles. The Hall–Kier alpha value is -2.69. The molecule has 3 heterocycles. The van der Waals surface area contributed by atoms with E-state index in [2.05, 4.69) is 64.4 Å². The molecule has 0 aliphatic heterocycles. The van der Waals surface area contributed by atoms with E-state index in [-0.39, 0.29) is 16.6 Å². The van der Waals surface area contributed by atoms with Gasteiger partial charge in [0.2, 0.25) is 0 Å². The maximum Gasteiger partial charge on any atom is 0.278 e. The maximum atomic E-state index is 13.0. The number of aromatic nitrogens is 4. The Bertz CT molecular complexity index is 1050. The molecule has 0 aliphatic carbocycles. The molecule has 2 N–H and O–H groups in total. The first kappa shape index (κ1) is 23.0. The molecule has 10 heteroatoms. The fraction of sp³-hybridized carbons (Fsp3) is 0.381. The standard InChI is InChI=1S/C21H28N6O2SSi/c1-14-12-30-20(24-14)27-19(28)18-17(25-16-9-22-13-23-10-16)8-7-15(26-18)11-29-31(5,6)21(2,3)4/h7-10,12-13,25H,11H2,1-6H3,(H,24,27,28). The van der Waals surface area contributed by atoms with Gasteiger partial charge in [-0.15, -0.1) is 11.3 Å². The van der Waals surface area contributed by atoms with Gasteiger partial charge in [0.25, 0.3) is 5.91 Å². The van der Waals surface area contributed by atoms with Crippen molar-refractivity contribution < 1.29 is 9.22 Å². The summed E-state index contributed by atoms with van der Waals surface area (Å²) in [4.78, 5) is 30.0. The van der Waals surface area contributed by atoms with Crippen LogP contribution in [0.15, 0.2) is 36.2 Å². The lowest BCUT2D eigenvalue weighted by molar-refractivity contribution is 0.102. The summed E-state index contributed by atoms with van der Waals surface area (Å²) in [6.45, 7) is 13.2. The molecule has 0 aliphatic rings. The number of anilines is 3. The second-order valence-corrected chi connectivity index (χ2v) is 14.4. The van der Waals surface area contributed by atoms with Gasteiger partial charge in [0.15, 0.2) is 19.1 Å². The highest BCUT2D eigenvalue weighted by Crippen LogP contribution is 2.37. The molecular formula is C21H28N6O2SSi. The monoisotopic (exact) mass is 456 g/mol. The van der Waals surface area contributed by atoms with E-state index in [0.29, 0.717) is 28.8 Å². The number of pyridine rings is 1. The Balaban J connectivity index is 1.87. The van der Waals surface area contributed by atoms with E-state index in [0.717, 1.165) is 5.69 Å². The van der Waals surface area contributed by atoms with Crippen LogP contribution in [0.1, 0.15) is 42.6 Å². The third kappa shape index (κ3) is 5.93. The van der Waals surface area contributed by atoms with E-state index in [1.165, 1.54) is 17.7 Å². The number of nitrogens with zero attached hydrogens (tertiary/aromatic N) is 4. The number of aryl methyl sites for hydroxylation is 1. The molecule has 0 saturated carbocycles. The third-order valence-corrected chi connectivity index (χ3v) is 10.6. The summed E-state index contributed by atoms with van der Waals surface area (Å²) in [7, 11) is -1.95. The average molecular weight is 457 g/mol. The van der Waals surface area contributed by atoms with Gasteiger partial charge in [-0.3, -0.25) is 10.1 Å². The zero-order valence-corrected chi connectivity index (χ0v) is 20.5. The summed E-state index contributed by atoms with van der Waals surface area (Å²) in [6, 6.07) is 3.69. The van der Waals surface area contributed by atoms with Gasteiger partial charge in [-0.1, -0.05) is 20.8 Å². The van der Waals surface area contributed by atoms with Crippen LogP contribution >= 0.6 is 11.3 Å². The minimum Gasteiger partial charge on any atom is -0.411 e. The summed E-state index contributed by atoms with van der Waals surface area (Å²) < 4.78 is 6.29. The van der Waals surface area contributed by atoms with E-state index in [1.54, 1.807) is 12.4 Å². The van der Waals surface area contributed by atoms with Crippen LogP contribution in [-0.2, 0) is 11.0 Å². The predicted molar refractivity (Wildman–Crippen MR) is 126 cm³/mol. The number of carbonyl (C=O) groups is 1.